The number of halogens is 6. The summed E-state index contributed by atoms with van der Waals surface area (Å²) in [6.45, 7) is 1.54. The third-order valence-electron chi connectivity index (χ3n) is 3.86. The Morgan fingerprint density at radius 3 is 2.47 bits per heavy atom. The minimum atomic E-state index is -4.81. The van der Waals surface area contributed by atoms with Crippen LogP contribution < -0.4 is 10.1 Å². The SMILES string of the molecule is Cc1cc(F)ccc1Oc1cc(Cl)c(C(F)(F)F)cc1C(=O)Nc1cnnc(Cl)c1. The first kappa shape index (κ1) is 21.8. The van der Waals surface area contributed by atoms with E-state index in [4.69, 9.17) is 27.9 Å². The highest BCUT2D eigenvalue weighted by Gasteiger charge is 2.35. The Morgan fingerprint density at radius 2 is 1.83 bits per heavy atom. The first-order valence-electron chi connectivity index (χ1n) is 8.19. The van der Waals surface area contributed by atoms with Gasteiger partial charge in [-0.05, 0) is 36.8 Å². The number of carbonyl (C=O) groups excluding carboxylic acids is 1. The number of amides is 1. The molecule has 1 amide bonds. The molecule has 0 unspecified atom stereocenters. The van der Waals surface area contributed by atoms with Crippen LogP contribution in [0.5, 0.6) is 11.5 Å². The van der Waals surface area contributed by atoms with Crippen molar-refractivity contribution in [3.63, 3.8) is 0 Å². The van der Waals surface area contributed by atoms with Crippen LogP contribution in [0.4, 0.5) is 23.2 Å². The Balaban J connectivity index is 2.06. The number of anilines is 1. The molecule has 1 aromatic heterocycles. The average Bonchev–Trinajstić information content (AvgIpc) is 2.63. The lowest BCUT2D eigenvalue weighted by Crippen LogP contribution is -2.16. The van der Waals surface area contributed by atoms with Crippen LogP contribution in [0.1, 0.15) is 21.5 Å². The van der Waals surface area contributed by atoms with E-state index in [1.807, 2.05) is 0 Å². The number of hydrogen-bond acceptors (Lipinski definition) is 4. The van der Waals surface area contributed by atoms with Crippen molar-refractivity contribution in [2.45, 2.75) is 13.1 Å². The summed E-state index contributed by atoms with van der Waals surface area (Å²) in [4.78, 5) is 12.7. The van der Waals surface area contributed by atoms with E-state index in [0.29, 0.717) is 11.6 Å². The molecule has 0 radical (unpaired) electrons. The number of rotatable bonds is 4. The van der Waals surface area contributed by atoms with Crippen molar-refractivity contribution in [2.24, 2.45) is 0 Å². The first-order chi connectivity index (χ1) is 14.0. The fraction of sp³-hybridized carbons (Fsp3) is 0.105. The molecule has 1 N–H and O–H groups in total. The highest BCUT2D eigenvalue weighted by Crippen LogP contribution is 2.40. The maximum atomic E-state index is 13.3. The predicted molar refractivity (Wildman–Crippen MR) is 103 cm³/mol. The lowest BCUT2D eigenvalue weighted by atomic mass is 10.1. The van der Waals surface area contributed by atoms with Crippen molar-refractivity contribution in [2.75, 3.05) is 5.32 Å². The monoisotopic (exact) mass is 459 g/mol. The zero-order valence-electron chi connectivity index (χ0n) is 15.0. The molecule has 0 aliphatic rings. The molecule has 156 valence electrons. The van der Waals surface area contributed by atoms with Crippen LogP contribution in [-0.4, -0.2) is 16.1 Å². The van der Waals surface area contributed by atoms with Crippen LogP contribution in [0.2, 0.25) is 10.2 Å². The Bertz CT molecular complexity index is 1120. The molecule has 0 fully saturated rings. The van der Waals surface area contributed by atoms with Gasteiger partial charge in [0.2, 0.25) is 0 Å². The summed E-state index contributed by atoms with van der Waals surface area (Å²) in [6.07, 6.45) is -3.65. The van der Waals surface area contributed by atoms with Crippen molar-refractivity contribution in [1.29, 1.82) is 0 Å². The van der Waals surface area contributed by atoms with Crippen LogP contribution in [-0.2, 0) is 6.18 Å². The van der Waals surface area contributed by atoms with Gasteiger partial charge in [0.15, 0.2) is 5.15 Å². The zero-order valence-corrected chi connectivity index (χ0v) is 16.5. The smallest absolute Gasteiger partial charge is 0.417 e. The van der Waals surface area contributed by atoms with Gasteiger partial charge in [-0.1, -0.05) is 23.2 Å². The number of nitrogens with one attached hydrogen (secondary N) is 1. The van der Waals surface area contributed by atoms with Crippen molar-refractivity contribution in [3.8, 4) is 11.5 Å². The largest absolute Gasteiger partial charge is 0.456 e. The number of carbonyl (C=O) groups is 1. The molecule has 0 aliphatic carbocycles. The number of aryl methyl sites for hydroxylation is 1. The van der Waals surface area contributed by atoms with Gasteiger partial charge in [-0.2, -0.15) is 18.3 Å². The molecule has 0 atom stereocenters. The van der Waals surface area contributed by atoms with E-state index < -0.39 is 34.1 Å². The molecule has 0 bridgehead atoms. The van der Waals surface area contributed by atoms with Gasteiger partial charge in [0, 0.05) is 12.1 Å². The Kier molecular flexibility index (Phi) is 6.14. The van der Waals surface area contributed by atoms with Crippen LogP contribution in [0.25, 0.3) is 0 Å². The van der Waals surface area contributed by atoms with Crippen LogP contribution in [0, 0.1) is 12.7 Å². The summed E-state index contributed by atoms with van der Waals surface area (Å²) >= 11 is 11.5. The fourth-order valence-corrected chi connectivity index (χ4v) is 2.91. The van der Waals surface area contributed by atoms with E-state index >= 15 is 0 Å². The standard InChI is InChI=1S/C19H11Cl2F4N3O2/c1-9-4-10(22)2-3-15(9)30-16-7-14(20)13(19(23,24)25)6-12(16)18(29)27-11-5-17(21)28-26-8-11/h2-8H,1H3,(H,27,28,29). The normalized spacial score (nSPS) is 11.3. The second-order valence-electron chi connectivity index (χ2n) is 6.06. The van der Waals surface area contributed by atoms with Crippen LogP contribution in [0.3, 0.4) is 0 Å². The second kappa shape index (κ2) is 8.45. The van der Waals surface area contributed by atoms with Gasteiger partial charge in [0.25, 0.3) is 5.91 Å². The minimum absolute atomic E-state index is 0.0294. The zero-order chi connectivity index (χ0) is 22.1. The molecule has 0 saturated carbocycles. The Hall–Kier alpha value is -2.91. The Labute approximate surface area is 177 Å². The molecule has 2 aromatic carbocycles. The fourth-order valence-electron chi connectivity index (χ4n) is 2.49. The maximum Gasteiger partial charge on any atom is 0.417 e. The second-order valence-corrected chi connectivity index (χ2v) is 6.85. The number of alkyl halides is 3. The molecular formula is C19H11Cl2F4N3O2. The van der Waals surface area contributed by atoms with Gasteiger partial charge in [-0.25, -0.2) is 4.39 Å². The molecule has 11 heteroatoms. The van der Waals surface area contributed by atoms with Crippen molar-refractivity contribution < 1.29 is 27.1 Å². The quantitative estimate of drug-likeness (QED) is 0.465. The summed E-state index contributed by atoms with van der Waals surface area (Å²) in [5.74, 6) is -1.58. The van der Waals surface area contributed by atoms with Crippen LogP contribution in [0.15, 0.2) is 42.6 Å². The number of benzene rings is 2. The van der Waals surface area contributed by atoms with Gasteiger partial charge in [-0.15, -0.1) is 5.10 Å². The highest BCUT2D eigenvalue weighted by molar-refractivity contribution is 6.32. The molecule has 3 aromatic rings. The van der Waals surface area contributed by atoms with E-state index in [-0.39, 0.29) is 22.3 Å². The van der Waals surface area contributed by atoms with E-state index in [1.165, 1.54) is 25.1 Å². The number of nitrogens with zero attached hydrogens (tertiary/aromatic N) is 2. The van der Waals surface area contributed by atoms with Gasteiger partial charge < -0.3 is 10.1 Å². The van der Waals surface area contributed by atoms with E-state index in [1.54, 1.807) is 0 Å². The molecule has 3 rings (SSSR count). The van der Waals surface area contributed by atoms with Crippen molar-refractivity contribution in [1.82, 2.24) is 10.2 Å². The summed E-state index contributed by atoms with van der Waals surface area (Å²) in [7, 11) is 0. The van der Waals surface area contributed by atoms with Crippen LogP contribution >= 0.6 is 23.2 Å². The maximum absolute atomic E-state index is 13.3. The van der Waals surface area contributed by atoms with Gasteiger partial charge >= 0.3 is 6.18 Å². The molecular weight excluding hydrogens is 449 g/mol. The van der Waals surface area contributed by atoms with Crippen molar-refractivity contribution in [3.05, 3.63) is 75.3 Å². The predicted octanol–water partition coefficient (Wildman–Crippen LogP) is 6.29. The molecule has 0 aliphatic heterocycles. The minimum Gasteiger partial charge on any atom is -0.456 e. The summed E-state index contributed by atoms with van der Waals surface area (Å²) in [6, 6.07) is 6.27. The van der Waals surface area contributed by atoms with E-state index in [9.17, 15) is 22.4 Å². The number of ether oxygens (including phenoxy) is 1. The summed E-state index contributed by atoms with van der Waals surface area (Å²) in [5.41, 5.74) is -1.21. The van der Waals surface area contributed by atoms with Gasteiger partial charge in [0.1, 0.15) is 17.3 Å². The molecule has 5 nitrogen and oxygen atoms in total. The third-order valence-corrected chi connectivity index (χ3v) is 4.36. The topological polar surface area (TPSA) is 64.1 Å². The average molecular weight is 460 g/mol. The molecule has 1 heterocycles. The van der Waals surface area contributed by atoms with Gasteiger partial charge in [-0.3, -0.25) is 4.79 Å². The van der Waals surface area contributed by atoms with Crippen molar-refractivity contribution >= 4 is 34.8 Å². The number of aromatic nitrogens is 2. The third kappa shape index (κ3) is 4.98. The Morgan fingerprint density at radius 1 is 1.10 bits per heavy atom. The van der Waals surface area contributed by atoms with Gasteiger partial charge in [0.05, 0.1) is 28.0 Å². The molecule has 0 spiro atoms. The van der Waals surface area contributed by atoms with E-state index in [2.05, 4.69) is 15.5 Å². The molecule has 30 heavy (non-hydrogen) atoms. The lowest BCUT2D eigenvalue weighted by molar-refractivity contribution is -0.137. The summed E-state index contributed by atoms with van der Waals surface area (Å²) < 4.78 is 58.8. The lowest BCUT2D eigenvalue weighted by Gasteiger charge is -2.17. The summed E-state index contributed by atoms with van der Waals surface area (Å²) in [5, 5.41) is 8.73. The highest BCUT2D eigenvalue weighted by atomic mass is 35.5. The first-order valence-corrected chi connectivity index (χ1v) is 8.94. The van der Waals surface area contributed by atoms with E-state index in [0.717, 1.165) is 18.3 Å². The number of hydrogen-bond donors (Lipinski definition) is 1. The molecule has 0 saturated heterocycles.